The largest absolute Gasteiger partial charge is 0.378 e. The fourth-order valence-electron chi connectivity index (χ4n) is 2.23. The van der Waals surface area contributed by atoms with Crippen LogP contribution in [0.5, 0.6) is 0 Å². The smallest absolute Gasteiger partial charge is 0.272 e. The summed E-state index contributed by atoms with van der Waals surface area (Å²) < 4.78 is 0. The number of nitrogens with zero attached hydrogens (tertiary/aromatic N) is 1. The van der Waals surface area contributed by atoms with Crippen molar-refractivity contribution in [1.82, 2.24) is 5.32 Å². The normalized spacial score (nSPS) is 23.1. The predicted octanol–water partition coefficient (Wildman–Crippen LogP) is 3.45. The Morgan fingerprint density at radius 1 is 1.42 bits per heavy atom. The summed E-state index contributed by atoms with van der Waals surface area (Å²) in [4.78, 5) is 10.2. The molecule has 1 aromatic carbocycles. The van der Waals surface area contributed by atoms with E-state index in [9.17, 15) is 10.1 Å². The molecule has 19 heavy (non-hydrogen) atoms. The zero-order chi connectivity index (χ0) is 14.0. The van der Waals surface area contributed by atoms with Gasteiger partial charge >= 0.3 is 0 Å². The molecule has 0 saturated carbocycles. The van der Waals surface area contributed by atoms with Gasteiger partial charge in [-0.2, -0.15) is 0 Å². The fourth-order valence-corrected chi connectivity index (χ4v) is 2.81. The lowest BCUT2D eigenvalue weighted by atomic mass is 9.99. The van der Waals surface area contributed by atoms with Crippen molar-refractivity contribution in [1.29, 1.82) is 0 Å². The first-order valence-electron chi connectivity index (χ1n) is 6.12. The molecule has 2 unspecified atom stereocenters. The fraction of sp³-hybridized carbons (Fsp3) is 0.500. The zero-order valence-corrected chi connectivity index (χ0v) is 12.0. The number of hydrogen-bond donors (Lipinski definition) is 2. The number of rotatable bonds is 3. The Morgan fingerprint density at radius 2 is 2.05 bits per heavy atom. The van der Waals surface area contributed by atoms with E-state index in [1.807, 2.05) is 0 Å². The molecule has 0 spiro atoms. The summed E-state index contributed by atoms with van der Waals surface area (Å²) in [5.74, 6) is 0. The first-order chi connectivity index (χ1) is 8.99. The molecule has 0 amide bonds. The molecule has 0 bridgehead atoms. The average molecular weight is 304 g/mol. The Labute approximate surface area is 121 Å². The van der Waals surface area contributed by atoms with Gasteiger partial charge < -0.3 is 10.6 Å². The minimum atomic E-state index is -0.508. The SMILES string of the molecule is CC1NCCCC1Nc1c(Cl)cc([N+](=O)[O-])cc1Cl. The minimum Gasteiger partial charge on any atom is -0.378 e. The van der Waals surface area contributed by atoms with E-state index >= 15 is 0 Å². The van der Waals surface area contributed by atoms with Gasteiger partial charge in [0.25, 0.3) is 5.69 Å². The number of nitro benzene ring substituents is 1. The summed E-state index contributed by atoms with van der Waals surface area (Å²) in [6, 6.07) is 3.15. The predicted molar refractivity (Wildman–Crippen MR) is 77.2 cm³/mol. The molecule has 7 heteroatoms. The van der Waals surface area contributed by atoms with E-state index in [0.29, 0.717) is 11.7 Å². The van der Waals surface area contributed by atoms with Crippen LogP contribution in [0.25, 0.3) is 0 Å². The van der Waals surface area contributed by atoms with Crippen LogP contribution < -0.4 is 10.6 Å². The summed E-state index contributed by atoms with van der Waals surface area (Å²) in [6.07, 6.45) is 2.09. The number of halogens is 2. The second-order valence-corrected chi connectivity index (χ2v) is 5.49. The Kier molecular flexibility index (Phi) is 4.50. The highest BCUT2D eigenvalue weighted by Gasteiger charge is 2.23. The summed E-state index contributed by atoms with van der Waals surface area (Å²) in [7, 11) is 0. The van der Waals surface area contributed by atoms with E-state index < -0.39 is 4.92 Å². The van der Waals surface area contributed by atoms with Crippen LogP contribution in [-0.4, -0.2) is 23.6 Å². The monoisotopic (exact) mass is 303 g/mol. The van der Waals surface area contributed by atoms with Crippen LogP contribution in [0.1, 0.15) is 19.8 Å². The molecular weight excluding hydrogens is 289 g/mol. The van der Waals surface area contributed by atoms with Crippen LogP contribution in [-0.2, 0) is 0 Å². The lowest BCUT2D eigenvalue weighted by Gasteiger charge is -2.32. The molecule has 2 N–H and O–H groups in total. The van der Waals surface area contributed by atoms with Crippen molar-refractivity contribution in [2.45, 2.75) is 31.8 Å². The lowest BCUT2D eigenvalue weighted by Crippen LogP contribution is -2.46. The van der Waals surface area contributed by atoms with Gasteiger partial charge in [-0.05, 0) is 26.3 Å². The van der Waals surface area contributed by atoms with Crippen molar-refractivity contribution in [3.05, 3.63) is 32.3 Å². The third-order valence-corrected chi connectivity index (χ3v) is 3.93. The molecule has 0 radical (unpaired) electrons. The molecule has 1 saturated heterocycles. The topological polar surface area (TPSA) is 67.2 Å². The van der Waals surface area contributed by atoms with Gasteiger partial charge in [-0.15, -0.1) is 0 Å². The van der Waals surface area contributed by atoms with Crippen LogP contribution in [0, 0.1) is 10.1 Å². The quantitative estimate of drug-likeness (QED) is 0.663. The second kappa shape index (κ2) is 5.94. The third kappa shape index (κ3) is 3.29. The highest BCUT2D eigenvalue weighted by Crippen LogP contribution is 2.35. The molecule has 104 valence electrons. The Bertz CT molecular complexity index is 473. The molecule has 1 heterocycles. The number of non-ortho nitro benzene ring substituents is 1. The summed E-state index contributed by atoms with van der Waals surface area (Å²) >= 11 is 12.1. The standard InChI is InChI=1S/C12H15Cl2N3O2/c1-7-11(3-2-4-15-7)16-12-9(13)5-8(17(18)19)6-10(12)14/h5-7,11,15-16H,2-4H2,1H3. The summed E-state index contributed by atoms with van der Waals surface area (Å²) in [5, 5.41) is 17.9. The van der Waals surface area contributed by atoms with Gasteiger partial charge in [-0.25, -0.2) is 0 Å². The number of anilines is 1. The van der Waals surface area contributed by atoms with Gasteiger partial charge in [0.15, 0.2) is 0 Å². The van der Waals surface area contributed by atoms with Gasteiger partial charge in [0.05, 0.1) is 20.7 Å². The van der Waals surface area contributed by atoms with Gasteiger partial charge in [0, 0.05) is 24.2 Å². The van der Waals surface area contributed by atoms with E-state index in [2.05, 4.69) is 17.6 Å². The van der Waals surface area contributed by atoms with Crippen molar-refractivity contribution in [2.75, 3.05) is 11.9 Å². The maximum Gasteiger partial charge on any atom is 0.272 e. The molecule has 1 aliphatic heterocycles. The molecule has 1 aromatic rings. The van der Waals surface area contributed by atoms with Crippen LogP contribution >= 0.6 is 23.2 Å². The average Bonchev–Trinajstić information content (AvgIpc) is 2.35. The van der Waals surface area contributed by atoms with Crippen LogP contribution in [0.4, 0.5) is 11.4 Å². The van der Waals surface area contributed by atoms with E-state index in [0.717, 1.165) is 19.4 Å². The molecule has 0 aromatic heterocycles. The van der Waals surface area contributed by atoms with Crippen molar-refractivity contribution < 1.29 is 4.92 Å². The number of nitro groups is 1. The van der Waals surface area contributed by atoms with Crippen molar-refractivity contribution in [3.8, 4) is 0 Å². The second-order valence-electron chi connectivity index (χ2n) is 4.68. The van der Waals surface area contributed by atoms with Gasteiger partial charge in [-0.1, -0.05) is 23.2 Å². The van der Waals surface area contributed by atoms with Gasteiger partial charge in [0.2, 0.25) is 0 Å². The maximum absolute atomic E-state index is 10.7. The highest BCUT2D eigenvalue weighted by atomic mass is 35.5. The number of piperidine rings is 1. The number of nitrogens with one attached hydrogen (secondary N) is 2. The highest BCUT2D eigenvalue weighted by molar-refractivity contribution is 6.39. The molecule has 2 rings (SSSR count). The van der Waals surface area contributed by atoms with Crippen LogP contribution in [0.2, 0.25) is 10.0 Å². The van der Waals surface area contributed by atoms with Crippen LogP contribution in [0.15, 0.2) is 12.1 Å². The van der Waals surface area contributed by atoms with Gasteiger partial charge in [-0.3, -0.25) is 10.1 Å². The van der Waals surface area contributed by atoms with Crippen molar-refractivity contribution >= 4 is 34.6 Å². The summed E-state index contributed by atoms with van der Waals surface area (Å²) in [5.41, 5.74) is 0.463. The maximum atomic E-state index is 10.7. The molecule has 1 aliphatic rings. The van der Waals surface area contributed by atoms with Crippen molar-refractivity contribution in [3.63, 3.8) is 0 Å². The molecule has 1 fully saturated rings. The Hall–Kier alpha value is -1.04. The van der Waals surface area contributed by atoms with Gasteiger partial charge in [0.1, 0.15) is 0 Å². The first-order valence-corrected chi connectivity index (χ1v) is 6.88. The molecule has 2 atom stereocenters. The minimum absolute atomic E-state index is 0.102. The lowest BCUT2D eigenvalue weighted by molar-refractivity contribution is -0.384. The number of benzene rings is 1. The van der Waals surface area contributed by atoms with Crippen LogP contribution in [0.3, 0.4) is 0 Å². The summed E-state index contributed by atoms with van der Waals surface area (Å²) in [6.45, 7) is 3.09. The molecule has 5 nitrogen and oxygen atoms in total. The third-order valence-electron chi connectivity index (χ3n) is 3.33. The van der Waals surface area contributed by atoms with E-state index in [1.54, 1.807) is 0 Å². The van der Waals surface area contributed by atoms with Crippen molar-refractivity contribution in [2.24, 2.45) is 0 Å². The number of hydrogen-bond acceptors (Lipinski definition) is 4. The van der Waals surface area contributed by atoms with E-state index in [1.165, 1.54) is 12.1 Å². The zero-order valence-electron chi connectivity index (χ0n) is 10.5. The Balaban J connectivity index is 2.22. The molecular formula is C12H15Cl2N3O2. The van der Waals surface area contributed by atoms with E-state index in [4.69, 9.17) is 23.2 Å². The Morgan fingerprint density at radius 3 is 2.58 bits per heavy atom. The molecule has 0 aliphatic carbocycles. The van der Waals surface area contributed by atoms with E-state index in [-0.39, 0.29) is 21.8 Å². The first kappa shape index (κ1) is 14.4.